The molecule has 2 saturated heterocycles. The minimum atomic E-state index is -4.50. The SMILES string of the molecule is N#Cc1cnc2ccc(CC(=O)CCCCCCC(=O)Nc3cccc4c3C(=O)N(C3CCC(=O)NC3=O)C4=O)cc2c1Nc1ccc(Oc2cccc(CC(=O)Cc3cccc(C(F)(F)F)c3)c2)cc1.N#Cc1cnc2ccc(N)cc2c1Nc1ccc(Oc2cccc(CC(=O)Cc3cccc(C(F)(F)F)c3)c2)cc1.O=C(O)CCCCCCC(=O)Nc1cccc2c1C(=O)N(C1CCC(=O)NC1=O)C2=O. The summed E-state index contributed by atoms with van der Waals surface area (Å²) in [4.78, 5) is 184. The van der Waals surface area contributed by atoms with Crippen LogP contribution in [0, 0.1) is 22.7 Å². The van der Waals surface area contributed by atoms with E-state index in [0.717, 1.165) is 50.7 Å². The summed E-state index contributed by atoms with van der Waals surface area (Å²) in [6.07, 6.45) is -0.132. The van der Waals surface area contributed by atoms with Gasteiger partial charge in [0.15, 0.2) is 0 Å². The van der Waals surface area contributed by atoms with Gasteiger partial charge in [0.05, 0.1) is 78.3 Å². The molecule has 2 aromatic heterocycles. The maximum absolute atomic E-state index is 13.4. The van der Waals surface area contributed by atoms with Crippen molar-refractivity contribution in [1.82, 2.24) is 30.4 Å². The average molecular weight is 1940 g/mol. The second-order valence-electron chi connectivity index (χ2n) is 34.3. The normalized spacial score (nSPS) is 14.3. The van der Waals surface area contributed by atoms with Crippen LogP contribution in [0.25, 0.3) is 21.8 Å². The number of aliphatic carboxylic acids is 1. The molecule has 12 aromatic rings. The Morgan fingerprint density at radius 1 is 0.420 bits per heavy atom. The summed E-state index contributed by atoms with van der Waals surface area (Å²) in [5.41, 5.74) is 12.6. The molecule has 2 fully saturated rings. The maximum Gasteiger partial charge on any atom is 0.416 e. The lowest BCUT2D eigenvalue weighted by atomic mass is 10.0. The Morgan fingerprint density at radius 2 is 0.797 bits per heavy atom. The number of fused-ring (bicyclic) bond motifs is 4. The Balaban J connectivity index is 0.000000189. The van der Waals surface area contributed by atoms with E-state index in [1.807, 2.05) is 12.1 Å². The van der Waals surface area contributed by atoms with Gasteiger partial charge in [0.1, 0.15) is 64.6 Å². The van der Waals surface area contributed by atoms with Gasteiger partial charge in [-0.3, -0.25) is 97.5 Å². The number of hydrogen-bond acceptors (Lipinski definition) is 23. The van der Waals surface area contributed by atoms with Crippen LogP contribution in [-0.4, -0.2) is 119 Å². The van der Waals surface area contributed by atoms with Gasteiger partial charge in [-0.25, -0.2) is 0 Å². The number of nitrogens with two attached hydrogens (primary N) is 1. The highest BCUT2D eigenvalue weighted by atomic mass is 19.4. The van der Waals surface area contributed by atoms with Gasteiger partial charge in [0.2, 0.25) is 35.4 Å². The van der Waals surface area contributed by atoms with E-state index in [1.54, 1.807) is 127 Å². The molecule has 2 unspecified atom stereocenters. The Labute approximate surface area is 813 Å². The molecule has 36 heteroatoms. The van der Waals surface area contributed by atoms with E-state index in [9.17, 15) is 104 Å². The van der Waals surface area contributed by atoms with Crippen molar-refractivity contribution in [3.8, 4) is 35.1 Å². The van der Waals surface area contributed by atoms with Gasteiger partial charge in [-0.1, -0.05) is 105 Å². The minimum Gasteiger partial charge on any atom is -0.481 e. The van der Waals surface area contributed by atoms with Crippen LogP contribution in [0.2, 0.25) is 0 Å². The molecule has 16 rings (SSSR count). The monoisotopic (exact) mass is 1940 g/mol. The number of nitrogens with one attached hydrogen (secondary N) is 6. The number of aromatic nitrogens is 2. The summed E-state index contributed by atoms with van der Waals surface area (Å²) in [5, 5.41) is 45.9. The highest BCUT2D eigenvalue weighted by Crippen LogP contribution is 2.40. The van der Waals surface area contributed by atoms with E-state index >= 15 is 0 Å². The maximum atomic E-state index is 13.4. The second-order valence-corrected chi connectivity index (χ2v) is 34.3. The third-order valence-electron chi connectivity index (χ3n) is 23.7. The number of unbranched alkanes of at least 4 members (excludes halogenated alkanes) is 6. The molecule has 2 atom stereocenters. The molecule has 10 amide bonds. The smallest absolute Gasteiger partial charge is 0.416 e. The Morgan fingerprint density at radius 3 is 1.21 bits per heavy atom. The van der Waals surface area contributed by atoms with Crippen molar-refractivity contribution in [2.75, 3.05) is 27.0 Å². The van der Waals surface area contributed by atoms with Gasteiger partial charge < -0.3 is 41.6 Å². The van der Waals surface area contributed by atoms with Crippen LogP contribution in [-0.2, 0) is 92.4 Å². The molecule has 0 aliphatic carbocycles. The first-order valence-corrected chi connectivity index (χ1v) is 45.7. The van der Waals surface area contributed by atoms with Crippen molar-refractivity contribution in [3.05, 3.63) is 303 Å². The molecule has 0 bridgehead atoms. The summed E-state index contributed by atoms with van der Waals surface area (Å²) in [6, 6.07) is 59.5. The molecule has 6 heterocycles. The predicted molar refractivity (Wildman–Crippen MR) is 513 cm³/mol. The van der Waals surface area contributed by atoms with Crippen molar-refractivity contribution in [1.29, 1.82) is 10.5 Å². The van der Waals surface area contributed by atoms with Crippen LogP contribution in [0.5, 0.6) is 23.0 Å². The summed E-state index contributed by atoms with van der Waals surface area (Å²) in [7, 11) is 0. The summed E-state index contributed by atoms with van der Waals surface area (Å²) < 4.78 is 90.4. The fraction of sp³-hybridized carbons (Fsp3) is 0.234. The van der Waals surface area contributed by atoms with Crippen molar-refractivity contribution in [3.63, 3.8) is 0 Å². The van der Waals surface area contributed by atoms with Crippen LogP contribution in [0.1, 0.15) is 194 Å². The van der Waals surface area contributed by atoms with E-state index in [1.165, 1.54) is 67.0 Å². The minimum absolute atomic E-state index is 0.00325. The number of nitrogens with zero attached hydrogens (tertiary/aromatic N) is 6. The summed E-state index contributed by atoms with van der Waals surface area (Å²) >= 11 is 0. The van der Waals surface area contributed by atoms with E-state index in [4.69, 9.17) is 20.3 Å². The molecule has 0 saturated carbocycles. The number of halogens is 6. The number of amides is 10. The fourth-order valence-corrected chi connectivity index (χ4v) is 16.8. The van der Waals surface area contributed by atoms with Gasteiger partial charge in [-0.05, 0) is 206 Å². The number of ether oxygens (including phenoxy) is 2. The number of carboxylic acid groups (broad SMARTS) is 1. The molecular formula is C107H91F6N13O17. The number of nitriles is 2. The van der Waals surface area contributed by atoms with Crippen LogP contribution in [0.15, 0.2) is 231 Å². The molecule has 143 heavy (non-hydrogen) atoms. The summed E-state index contributed by atoms with van der Waals surface area (Å²) in [6.45, 7) is 0. The van der Waals surface area contributed by atoms with Crippen molar-refractivity contribution in [2.24, 2.45) is 0 Å². The van der Waals surface area contributed by atoms with Gasteiger partial charge in [0, 0.05) is 111 Å². The Hall–Kier alpha value is -17.4. The molecule has 10 aromatic carbocycles. The number of anilines is 7. The summed E-state index contributed by atoms with van der Waals surface area (Å²) in [5.74, 6) is -4.99. The lowest BCUT2D eigenvalue weighted by molar-refractivity contribution is -0.138. The van der Waals surface area contributed by atoms with Gasteiger partial charge >= 0.3 is 18.3 Å². The number of Topliss-reactive ketones (excluding diaryl/α,β-unsaturated/α-hetero) is 3. The zero-order chi connectivity index (χ0) is 102. The number of benzene rings is 10. The van der Waals surface area contributed by atoms with E-state index in [2.05, 4.69) is 54.0 Å². The van der Waals surface area contributed by atoms with Crippen molar-refractivity contribution < 1.29 is 108 Å². The van der Waals surface area contributed by atoms with E-state index in [0.29, 0.717) is 148 Å². The van der Waals surface area contributed by atoms with E-state index in [-0.39, 0.29) is 145 Å². The zero-order valence-corrected chi connectivity index (χ0v) is 76.5. The number of piperidine rings is 2. The first-order valence-electron chi connectivity index (χ1n) is 45.7. The zero-order valence-electron chi connectivity index (χ0n) is 76.5. The average Bonchev–Trinajstić information content (AvgIpc) is 1.60. The molecule has 4 aliphatic rings. The Bertz CT molecular complexity index is 7120. The molecule has 0 radical (unpaired) electrons. The predicted octanol–water partition coefficient (Wildman–Crippen LogP) is 18.6. The number of pyridine rings is 2. The standard InChI is InChI=1S/C54H45F3N6O8.C32H23F3N4O2.C21H23N3O7/c55-54(56,57)36-10-5-8-32(24-36)26-39(65)27-33-9-6-12-41(28-33)71-40-19-17-37(18-20-40)60-50-35(30-58)31-59-44-21-16-34(29-43(44)50)25-38(64)11-3-1-2-4-15-47(66)61-45-14-7-13-42-49(45)53(70)63(52(42)69)46-22-23-48(67)62-51(46)68;33-32(34,35)23-5-1-3-20(13-23)14-26(40)15-21-4-2-6-28(16-21)41-27-10-8-25(9-11-27)39-31-22(18-36)19-38-30-12-7-24(37)17-29(30)31;25-15(8-3-1-2-4-9-17(27)28)22-13-7-5-6-12-18(13)21(31)24(20(12)30)14-10-11-16(26)23-19(14)29/h5-10,12-14,16-21,24,28-29,31,46H,1-4,11,15,22-23,25-27H2,(H,59,60)(H,61,66)(H,62,67,68);1-13,16-17,19H,14-15,37H2,(H,38,39);5-7,14H,1-4,8-11H2,(H,22,25)(H,27,28)(H,23,26,29). The van der Waals surface area contributed by atoms with E-state index < -0.39 is 88.8 Å². The number of alkyl halides is 6. The molecule has 4 aliphatic heterocycles. The third-order valence-corrected chi connectivity index (χ3v) is 23.7. The van der Waals surface area contributed by atoms with Crippen LogP contribution in [0.3, 0.4) is 0 Å². The van der Waals surface area contributed by atoms with Crippen LogP contribution >= 0.6 is 0 Å². The number of carbonyl (C=O) groups is 14. The van der Waals surface area contributed by atoms with Crippen LogP contribution < -0.4 is 47.1 Å². The number of carbonyl (C=O) groups excluding carboxylic acids is 13. The highest BCUT2D eigenvalue weighted by molar-refractivity contribution is 6.27. The second kappa shape index (κ2) is 45.9. The number of carboxylic acids is 1. The molecule has 30 nitrogen and oxygen atoms in total. The topological polar surface area (TPSA) is 456 Å². The van der Waals surface area contributed by atoms with Crippen molar-refractivity contribution in [2.45, 2.75) is 159 Å². The largest absolute Gasteiger partial charge is 0.481 e. The number of rotatable bonds is 36. The lowest BCUT2D eigenvalue weighted by Crippen LogP contribution is -2.54. The Kier molecular flexibility index (Phi) is 32.6. The number of nitrogen functional groups attached to an aromatic ring is 1. The van der Waals surface area contributed by atoms with Crippen molar-refractivity contribution >= 4 is 144 Å². The first-order chi connectivity index (χ1) is 68.6. The quantitative estimate of drug-likeness (QED) is 0.00782. The molecular weight excluding hydrogens is 1850 g/mol. The number of ketones is 3. The lowest BCUT2D eigenvalue weighted by Gasteiger charge is -2.27. The highest BCUT2D eigenvalue weighted by Gasteiger charge is 2.48. The number of hydrogen-bond donors (Lipinski definition) is 8. The third kappa shape index (κ3) is 26.3. The molecule has 0 spiro atoms. The molecule has 728 valence electrons. The fourth-order valence-electron chi connectivity index (χ4n) is 16.8. The van der Waals surface area contributed by atoms with Gasteiger partial charge in [0.25, 0.3) is 23.6 Å². The first kappa shape index (κ1) is 101. The number of imide groups is 4. The molecule has 9 N–H and O–H groups in total. The van der Waals surface area contributed by atoms with Gasteiger partial charge in [-0.15, -0.1) is 0 Å². The van der Waals surface area contributed by atoms with Crippen LogP contribution in [0.4, 0.5) is 66.2 Å². The van der Waals surface area contributed by atoms with Gasteiger partial charge in [-0.2, -0.15) is 36.9 Å².